The van der Waals surface area contributed by atoms with E-state index in [9.17, 15) is 0 Å². The number of aryl methyl sites for hydroxylation is 1. The first kappa shape index (κ1) is 12.2. The van der Waals surface area contributed by atoms with Crippen molar-refractivity contribution in [1.29, 1.82) is 0 Å². The lowest BCUT2D eigenvalue weighted by molar-refractivity contribution is 0.547. The molecule has 2 aromatic rings. The Bertz CT molecular complexity index is 453. The standard InChI is InChI=1S/C13H17N3S/c1-3-15-12(11-5-4-6-14-8-11)7-13-16-10(2)9-17-13/h4-6,8-9,12,15H,3,7H2,1-2H3. The lowest BCUT2D eigenvalue weighted by Gasteiger charge is -2.16. The van der Waals surface area contributed by atoms with E-state index in [0.29, 0.717) is 6.04 Å². The summed E-state index contributed by atoms with van der Waals surface area (Å²) in [6.45, 7) is 5.10. The summed E-state index contributed by atoms with van der Waals surface area (Å²) in [5.41, 5.74) is 2.33. The van der Waals surface area contributed by atoms with Gasteiger partial charge < -0.3 is 5.32 Å². The normalized spacial score (nSPS) is 12.6. The highest BCUT2D eigenvalue weighted by Crippen LogP contribution is 2.19. The Hall–Kier alpha value is -1.26. The fourth-order valence-electron chi connectivity index (χ4n) is 1.81. The molecule has 3 nitrogen and oxygen atoms in total. The van der Waals surface area contributed by atoms with E-state index in [-0.39, 0.29) is 0 Å². The third kappa shape index (κ3) is 3.35. The van der Waals surface area contributed by atoms with Crippen LogP contribution in [0.3, 0.4) is 0 Å². The Morgan fingerprint density at radius 2 is 2.35 bits per heavy atom. The molecule has 0 aliphatic carbocycles. The highest BCUT2D eigenvalue weighted by atomic mass is 32.1. The number of aromatic nitrogens is 2. The van der Waals surface area contributed by atoms with E-state index in [2.05, 4.69) is 33.7 Å². The largest absolute Gasteiger partial charge is 0.310 e. The first-order chi connectivity index (χ1) is 8.29. The lowest BCUT2D eigenvalue weighted by atomic mass is 10.1. The van der Waals surface area contributed by atoms with Crippen molar-refractivity contribution in [3.8, 4) is 0 Å². The molecular weight excluding hydrogens is 230 g/mol. The summed E-state index contributed by atoms with van der Waals surface area (Å²) in [5, 5.41) is 6.76. The third-order valence-corrected chi connectivity index (χ3v) is 3.57. The Kier molecular flexibility index (Phi) is 4.23. The minimum absolute atomic E-state index is 0.305. The average Bonchev–Trinajstić information content (AvgIpc) is 2.75. The van der Waals surface area contributed by atoms with Crippen LogP contribution in [0, 0.1) is 6.92 Å². The van der Waals surface area contributed by atoms with Gasteiger partial charge in [0.05, 0.1) is 5.01 Å². The molecule has 17 heavy (non-hydrogen) atoms. The number of thiazole rings is 1. The van der Waals surface area contributed by atoms with E-state index < -0.39 is 0 Å². The van der Waals surface area contributed by atoms with Crippen LogP contribution in [0.25, 0.3) is 0 Å². The molecule has 0 radical (unpaired) electrons. The van der Waals surface area contributed by atoms with E-state index in [1.165, 1.54) is 10.6 Å². The second kappa shape index (κ2) is 5.89. The maximum absolute atomic E-state index is 4.52. The summed E-state index contributed by atoms with van der Waals surface area (Å²) in [5.74, 6) is 0. The molecular formula is C13H17N3S. The molecule has 0 bridgehead atoms. The van der Waals surface area contributed by atoms with Crippen molar-refractivity contribution in [2.75, 3.05) is 6.54 Å². The van der Waals surface area contributed by atoms with Crippen molar-refractivity contribution >= 4 is 11.3 Å². The summed E-state index contributed by atoms with van der Waals surface area (Å²) >= 11 is 1.73. The first-order valence-corrected chi connectivity index (χ1v) is 6.72. The van der Waals surface area contributed by atoms with Gasteiger partial charge in [-0.1, -0.05) is 13.0 Å². The predicted molar refractivity (Wildman–Crippen MR) is 71.2 cm³/mol. The lowest BCUT2D eigenvalue weighted by Crippen LogP contribution is -2.23. The monoisotopic (exact) mass is 247 g/mol. The van der Waals surface area contributed by atoms with Crippen LogP contribution in [-0.4, -0.2) is 16.5 Å². The smallest absolute Gasteiger partial charge is 0.0947 e. The second-order valence-electron chi connectivity index (χ2n) is 3.98. The van der Waals surface area contributed by atoms with Gasteiger partial charge in [-0.05, 0) is 25.1 Å². The summed E-state index contributed by atoms with van der Waals surface area (Å²) in [7, 11) is 0. The van der Waals surface area contributed by atoms with Crippen LogP contribution < -0.4 is 5.32 Å². The van der Waals surface area contributed by atoms with Crippen molar-refractivity contribution in [3.63, 3.8) is 0 Å². The highest BCUT2D eigenvalue weighted by molar-refractivity contribution is 7.09. The average molecular weight is 247 g/mol. The Labute approximate surface area is 106 Å². The zero-order valence-electron chi connectivity index (χ0n) is 10.2. The molecule has 0 aliphatic rings. The topological polar surface area (TPSA) is 37.8 Å². The van der Waals surface area contributed by atoms with Crippen LogP contribution in [-0.2, 0) is 6.42 Å². The number of hydrogen-bond donors (Lipinski definition) is 1. The molecule has 2 heterocycles. The Morgan fingerprint density at radius 1 is 1.47 bits per heavy atom. The van der Waals surface area contributed by atoms with Gasteiger partial charge in [0, 0.05) is 35.9 Å². The summed E-state index contributed by atoms with van der Waals surface area (Å²) < 4.78 is 0. The summed E-state index contributed by atoms with van der Waals surface area (Å²) in [6, 6.07) is 4.40. The van der Waals surface area contributed by atoms with E-state index in [4.69, 9.17) is 0 Å². The van der Waals surface area contributed by atoms with Crippen LogP contribution in [0.2, 0.25) is 0 Å². The van der Waals surface area contributed by atoms with Crippen molar-refractivity contribution in [1.82, 2.24) is 15.3 Å². The summed E-state index contributed by atoms with van der Waals surface area (Å²) in [4.78, 5) is 8.69. The molecule has 1 atom stereocenters. The van der Waals surface area contributed by atoms with Gasteiger partial charge in [-0.3, -0.25) is 4.98 Å². The maximum Gasteiger partial charge on any atom is 0.0947 e. The van der Waals surface area contributed by atoms with E-state index in [1.807, 2.05) is 19.2 Å². The SMILES string of the molecule is CCNC(Cc1nc(C)cs1)c1cccnc1. The van der Waals surface area contributed by atoms with Crippen molar-refractivity contribution in [2.24, 2.45) is 0 Å². The fourth-order valence-corrected chi connectivity index (χ4v) is 2.63. The molecule has 0 fully saturated rings. The van der Waals surface area contributed by atoms with Crippen LogP contribution in [0.1, 0.15) is 29.2 Å². The van der Waals surface area contributed by atoms with E-state index >= 15 is 0 Å². The molecule has 0 saturated carbocycles. The van der Waals surface area contributed by atoms with Crippen LogP contribution in [0.15, 0.2) is 29.9 Å². The second-order valence-corrected chi connectivity index (χ2v) is 4.93. The number of nitrogens with one attached hydrogen (secondary N) is 1. The Morgan fingerprint density at radius 3 is 2.94 bits per heavy atom. The van der Waals surface area contributed by atoms with Crippen molar-refractivity contribution in [3.05, 3.63) is 46.2 Å². The molecule has 1 unspecified atom stereocenters. The molecule has 0 amide bonds. The zero-order chi connectivity index (χ0) is 12.1. The molecule has 0 aromatic carbocycles. The van der Waals surface area contributed by atoms with Crippen molar-refractivity contribution < 1.29 is 0 Å². The first-order valence-electron chi connectivity index (χ1n) is 5.84. The van der Waals surface area contributed by atoms with Gasteiger partial charge in [0.15, 0.2) is 0 Å². The number of nitrogens with zero attached hydrogens (tertiary/aromatic N) is 2. The van der Waals surface area contributed by atoms with E-state index in [0.717, 1.165) is 18.7 Å². The van der Waals surface area contributed by atoms with Crippen LogP contribution >= 0.6 is 11.3 Å². The van der Waals surface area contributed by atoms with Gasteiger partial charge in [0.25, 0.3) is 0 Å². The quantitative estimate of drug-likeness (QED) is 0.883. The van der Waals surface area contributed by atoms with Crippen LogP contribution in [0.5, 0.6) is 0 Å². The van der Waals surface area contributed by atoms with Crippen LogP contribution in [0.4, 0.5) is 0 Å². The molecule has 2 rings (SSSR count). The van der Waals surface area contributed by atoms with E-state index in [1.54, 1.807) is 17.5 Å². The molecule has 2 aromatic heterocycles. The third-order valence-electron chi connectivity index (χ3n) is 2.58. The summed E-state index contributed by atoms with van der Waals surface area (Å²) in [6.07, 6.45) is 4.66. The maximum atomic E-state index is 4.52. The molecule has 0 spiro atoms. The fraction of sp³-hybridized carbons (Fsp3) is 0.385. The minimum atomic E-state index is 0.305. The van der Waals surface area contributed by atoms with Gasteiger partial charge in [-0.25, -0.2) is 4.98 Å². The molecule has 90 valence electrons. The molecule has 0 aliphatic heterocycles. The highest BCUT2D eigenvalue weighted by Gasteiger charge is 2.12. The zero-order valence-corrected chi connectivity index (χ0v) is 11.0. The molecule has 1 N–H and O–H groups in total. The van der Waals surface area contributed by atoms with Gasteiger partial charge in [0.1, 0.15) is 0 Å². The Balaban J connectivity index is 2.13. The number of likely N-dealkylation sites (N-methyl/N-ethyl adjacent to an activating group) is 1. The van der Waals surface area contributed by atoms with Gasteiger partial charge >= 0.3 is 0 Å². The molecule has 0 saturated heterocycles. The van der Waals surface area contributed by atoms with Crippen molar-refractivity contribution in [2.45, 2.75) is 26.3 Å². The number of pyridine rings is 1. The number of hydrogen-bond acceptors (Lipinski definition) is 4. The van der Waals surface area contributed by atoms with Gasteiger partial charge in [-0.15, -0.1) is 11.3 Å². The van der Waals surface area contributed by atoms with Gasteiger partial charge in [0.2, 0.25) is 0 Å². The predicted octanol–water partition coefficient (Wildman–Crippen LogP) is 2.74. The number of rotatable bonds is 5. The minimum Gasteiger partial charge on any atom is -0.310 e. The van der Waals surface area contributed by atoms with Gasteiger partial charge in [-0.2, -0.15) is 0 Å². The molecule has 4 heteroatoms.